The van der Waals surface area contributed by atoms with Gasteiger partial charge in [-0.15, -0.1) is 0 Å². The van der Waals surface area contributed by atoms with E-state index in [0.717, 1.165) is 16.5 Å². The summed E-state index contributed by atoms with van der Waals surface area (Å²) in [6, 6.07) is 7.95. The van der Waals surface area contributed by atoms with Crippen LogP contribution in [0.25, 0.3) is 0 Å². The van der Waals surface area contributed by atoms with E-state index in [1.165, 1.54) is 0 Å². The molecule has 0 aliphatic heterocycles. The minimum Gasteiger partial charge on any atom is -0.481 e. The first-order valence-corrected chi connectivity index (χ1v) is 5.88. The van der Waals surface area contributed by atoms with Crippen LogP contribution in [0.4, 0.5) is 0 Å². The lowest BCUT2D eigenvalue weighted by Crippen LogP contribution is -2.15. The molecule has 1 saturated carbocycles. The molecular formula is C12H13BrO2. The molecule has 2 nitrogen and oxygen atoms in total. The van der Waals surface area contributed by atoms with E-state index >= 15 is 0 Å². The number of hydrogen-bond donors (Lipinski definition) is 1. The van der Waals surface area contributed by atoms with Crippen molar-refractivity contribution in [1.29, 1.82) is 0 Å². The van der Waals surface area contributed by atoms with Crippen LogP contribution < -0.4 is 0 Å². The molecule has 80 valence electrons. The van der Waals surface area contributed by atoms with Gasteiger partial charge in [-0.2, -0.15) is 0 Å². The Hall–Kier alpha value is -0.830. The fourth-order valence-electron chi connectivity index (χ4n) is 2.22. The molecule has 0 bridgehead atoms. The van der Waals surface area contributed by atoms with Gasteiger partial charge in [0.15, 0.2) is 0 Å². The van der Waals surface area contributed by atoms with Crippen molar-refractivity contribution in [2.45, 2.75) is 25.7 Å². The molecule has 0 spiro atoms. The monoisotopic (exact) mass is 268 g/mol. The van der Waals surface area contributed by atoms with Crippen molar-refractivity contribution in [2.24, 2.45) is 5.41 Å². The van der Waals surface area contributed by atoms with Gasteiger partial charge in [-0.05, 0) is 30.5 Å². The SMILES string of the molecule is CC[C@@]1(C(=O)O)C[C@H]1c1ccc(Br)cc1. The van der Waals surface area contributed by atoms with Crippen LogP contribution in [0.5, 0.6) is 0 Å². The van der Waals surface area contributed by atoms with E-state index in [1.54, 1.807) is 0 Å². The maximum Gasteiger partial charge on any atom is 0.310 e. The molecule has 0 unspecified atom stereocenters. The highest BCUT2D eigenvalue weighted by Gasteiger charge is 2.59. The lowest BCUT2D eigenvalue weighted by atomic mass is 9.96. The second-order valence-electron chi connectivity index (χ2n) is 4.12. The third-order valence-electron chi connectivity index (χ3n) is 3.40. The van der Waals surface area contributed by atoms with Gasteiger partial charge >= 0.3 is 5.97 Å². The smallest absolute Gasteiger partial charge is 0.310 e. The molecule has 3 heteroatoms. The minimum absolute atomic E-state index is 0.202. The number of hydrogen-bond acceptors (Lipinski definition) is 1. The van der Waals surface area contributed by atoms with Crippen molar-refractivity contribution < 1.29 is 9.90 Å². The number of benzene rings is 1. The van der Waals surface area contributed by atoms with Crippen LogP contribution in [0.15, 0.2) is 28.7 Å². The van der Waals surface area contributed by atoms with Gasteiger partial charge in [0, 0.05) is 10.4 Å². The average Bonchev–Trinajstić information content (AvgIpc) is 2.95. The van der Waals surface area contributed by atoms with Crippen LogP contribution in [-0.4, -0.2) is 11.1 Å². The Labute approximate surface area is 97.4 Å². The summed E-state index contributed by atoms with van der Waals surface area (Å²) in [5.74, 6) is -0.453. The van der Waals surface area contributed by atoms with Crippen LogP contribution in [0.3, 0.4) is 0 Å². The van der Waals surface area contributed by atoms with Gasteiger partial charge in [0.25, 0.3) is 0 Å². The lowest BCUT2D eigenvalue weighted by molar-refractivity contribution is -0.143. The third-order valence-corrected chi connectivity index (χ3v) is 3.93. The molecular weight excluding hydrogens is 256 g/mol. The van der Waals surface area contributed by atoms with Gasteiger partial charge in [-0.3, -0.25) is 4.79 Å². The molecule has 2 rings (SSSR count). The number of halogens is 1. The van der Waals surface area contributed by atoms with E-state index in [-0.39, 0.29) is 5.92 Å². The maximum atomic E-state index is 11.2. The summed E-state index contributed by atoms with van der Waals surface area (Å²) < 4.78 is 1.03. The van der Waals surface area contributed by atoms with E-state index in [1.807, 2.05) is 31.2 Å². The average molecular weight is 269 g/mol. The Kier molecular flexibility index (Phi) is 2.59. The zero-order chi connectivity index (χ0) is 11.1. The number of carbonyl (C=O) groups is 1. The number of carboxylic acid groups (broad SMARTS) is 1. The second-order valence-corrected chi connectivity index (χ2v) is 5.04. The number of carboxylic acids is 1. The molecule has 0 saturated heterocycles. The van der Waals surface area contributed by atoms with Crippen LogP contribution in [0, 0.1) is 5.41 Å². The molecule has 1 fully saturated rings. The predicted molar refractivity (Wildman–Crippen MR) is 61.9 cm³/mol. The standard InChI is InChI=1S/C12H13BrO2/c1-2-12(11(14)15)7-10(12)8-3-5-9(13)6-4-8/h3-6,10H,2,7H2,1H3,(H,14,15)/t10-,12+/m0/s1. The van der Waals surface area contributed by atoms with Crippen LogP contribution in [-0.2, 0) is 4.79 Å². The highest BCUT2D eigenvalue weighted by Crippen LogP contribution is 2.61. The molecule has 2 atom stereocenters. The predicted octanol–water partition coefficient (Wildman–Crippen LogP) is 3.42. The van der Waals surface area contributed by atoms with Crippen molar-refractivity contribution >= 4 is 21.9 Å². The number of rotatable bonds is 3. The summed E-state index contributed by atoms with van der Waals surface area (Å²) >= 11 is 3.37. The molecule has 1 N–H and O–H groups in total. The van der Waals surface area contributed by atoms with Crippen molar-refractivity contribution in [3.63, 3.8) is 0 Å². The minimum atomic E-state index is -0.655. The van der Waals surface area contributed by atoms with Crippen molar-refractivity contribution in [3.8, 4) is 0 Å². The fraction of sp³-hybridized carbons (Fsp3) is 0.417. The van der Waals surface area contributed by atoms with Crippen molar-refractivity contribution in [3.05, 3.63) is 34.3 Å². The van der Waals surface area contributed by atoms with Gasteiger partial charge < -0.3 is 5.11 Å². The van der Waals surface area contributed by atoms with Crippen LogP contribution in [0.1, 0.15) is 31.2 Å². The summed E-state index contributed by atoms with van der Waals surface area (Å²) in [5, 5.41) is 9.18. The first-order chi connectivity index (χ1) is 7.10. The van der Waals surface area contributed by atoms with E-state index in [0.29, 0.717) is 6.42 Å². The molecule has 1 aromatic carbocycles. The van der Waals surface area contributed by atoms with Gasteiger partial charge in [-0.25, -0.2) is 0 Å². The summed E-state index contributed by atoms with van der Waals surface area (Å²) in [4.78, 5) is 11.2. The molecule has 0 amide bonds. The summed E-state index contributed by atoms with van der Waals surface area (Å²) in [5.41, 5.74) is 0.649. The Bertz CT molecular complexity index is 385. The second kappa shape index (κ2) is 3.63. The largest absolute Gasteiger partial charge is 0.481 e. The normalized spacial score (nSPS) is 28.8. The first-order valence-electron chi connectivity index (χ1n) is 5.09. The topological polar surface area (TPSA) is 37.3 Å². The van der Waals surface area contributed by atoms with E-state index in [4.69, 9.17) is 0 Å². The zero-order valence-corrected chi connectivity index (χ0v) is 10.1. The molecule has 1 aliphatic carbocycles. The third kappa shape index (κ3) is 1.69. The van der Waals surface area contributed by atoms with E-state index in [9.17, 15) is 9.90 Å². The molecule has 0 heterocycles. The molecule has 1 aliphatic rings. The molecule has 0 aromatic heterocycles. The quantitative estimate of drug-likeness (QED) is 0.912. The Morgan fingerprint density at radius 1 is 1.53 bits per heavy atom. The van der Waals surface area contributed by atoms with E-state index in [2.05, 4.69) is 15.9 Å². The highest BCUT2D eigenvalue weighted by molar-refractivity contribution is 9.10. The Balaban J connectivity index is 2.22. The van der Waals surface area contributed by atoms with Crippen molar-refractivity contribution in [1.82, 2.24) is 0 Å². The van der Waals surface area contributed by atoms with Crippen LogP contribution in [0.2, 0.25) is 0 Å². The first kappa shape index (κ1) is 10.7. The van der Waals surface area contributed by atoms with Gasteiger partial charge in [0.05, 0.1) is 5.41 Å². The van der Waals surface area contributed by atoms with Gasteiger partial charge in [0.2, 0.25) is 0 Å². The highest BCUT2D eigenvalue weighted by atomic mass is 79.9. The Morgan fingerprint density at radius 3 is 2.53 bits per heavy atom. The Morgan fingerprint density at radius 2 is 2.13 bits per heavy atom. The summed E-state index contributed by atoms with van der Waals surface area (Å²) in [7, 11) is 0. The lowest BCUT2D eigenvalue weighted by Gasteiger charge is -2.08. The fourth-order valence-corrected chi connectivity index (χ4v) is 2.48. The zero-order valence-electron chi connectivity index (χ0n) is 8.53. The van der Waals surface area contributed by atoms with Gasteiger partial charge in [0.1, 0.15) is 0 Å². The number of aliphatic carboxylic acids is 1. The van der Waals surface area contributed by atoms with Gasteiger partial charge in [-0.1, -0.05) is 35.0 Å². The summed E-state index contributed by atoms with van der Waals surface area (Å²) in [6.07, 6.45) is 1.49. The summed E-state index contributed by atoms with van der Waals surface area (Å²) in [6.45, 7) is 1.95. The van der Waals surface area contributed by atoms with Crippen molar-refractivity contribution in [2.75, 3.05) is 0 Å². The van der Waals surface area contributed by atoms with Crippen LogP contribution >= 0.6 is 15.9 Å². The molecule has 0 radical (unpaired) electrons. The maximum absolute atomic E-state index is 11.2. The molecule has 1 aromatic rings. The van der Waals surface area contributed by atoms with E-state index < -0.39 is 11.4 Å². The molecule has 15 heavy (non-hydrogen) atoms.